The smallest absolute Gasteiger partial charge is 0.324 e. The summed E-state index contributed by atoms with van der Waals surface area (Å²) in [5.41, 5.74) is 7.28. The van der Waals surface area contributed by atoms with E-state index in [1.54, 1.807) is 24.1 Å². The van der Waals surface area contributed by atoms with Crippen LogP contribution in [0.1, 0.15) is 31.2 Å². The highest BCUT2D eigenvalue weighted by atomic mass is 19.1. The monoisotopic (exact) mass is 360 g/mol. The largest absolute Gasteiger partial charge is 0.326 e. The zero-order valence-corrected chi connectivity index (χ0v) is 15.0. The van der Waals surface area contributed by atoms with Crippen LogP contribution >= 0.6 is 0 Å². The van der Waals surface area contributed by atoms with E-state index >= 15 is 0 Å². The topological polar surface area (TPSA) is 64.7 Å². The number of nitrogens with zero attached hydrogens (tertiary/aromatic N) is 2. The standard InChI is InChI=1S/C19H25FN4O2/c1-23-8-9-24(19(23)26)17-11-12(6-7-15(17)20)10-16-13-4-2-3-5-14(13)18(25)22-21-16/h6-7,11,13-14,16,21H,2-5,8-10H2,1H3,(H,22,25). The molecule has 2 aliphatic heterocycles. The molecule has 0 aromatic heterocycles. The molecule has 1 aromatic rings. The van der Waals surface area contributed by atoms with Crippen molar-refractivity contribution in [2.24, 2.45) is 11.8 Å². The lowest BCUT2D eigenvalue weighted by Gasteiger charge is -2.41. The molecule has 3 atom stereocenters. The Morgan fingerprint density at radius 1 is 1.19 bits per heavy atom. The third kappa shape index (κ3) is 3.05. The Morgan fingerprint density at radius 2 is 2.00 bits per heavy atom. The molecule has 0 bridgehead atoms. The predicted octanol–water partition coefficient (Wildman–Crippen LogP) is 2.05. The molecule has 0 radical (unpaired) electrons. The van der Waals surface area contributed by atoms with E-state index in [1.807, 2.05) is 0 Å². The summed E-state index contributed by atoms with van der Waals surface area (Å²) in [5.74, 6) is 0.101. The van der Waals surface area contributed by atoms with Gasteiger partial charge in [-0.15, -0.1) is 0 Å². The van der Waals surface area contributed by atoms with Crippen molar-refractivity contribution in [3.05, 3.63) is 29.6 Å². The number of hydrazine groups is 1. The van der Waals surface area contributed by atoms with E-state index in [4.69, 9.17) is 0 Å². The van der Waals surface area contributed by atoms with E-state index in [1.165, 1.54) is 11.0 Å². The summed E-state index contributed by atoms with van der Waals surface area (Å²) in [6, 6.07) is 4.96. The molecule has 2 saturated heterocycles. The highest BCUT2D eigenvalue weighted by Gasteiger charge is 2.40. The SMILES string of the molecule is CN1CCN(c2cc(CC3NNC(=O)C4CCCCC34)ccc2F)C1=O. The Morgan fingerprint density at radius 3 is 2.77 bits per heavy atom. The normalized spacial score (nSPS) is 28.9. The van der Waals surface area contributed by atoms with Gasteiger partial charge in [0.1, 0.15) is 5.82 Å². The summed E-state index contributed by atoms with van der Waals surface area (Å²) in [7, 11) is 1.72. The van der Waals surface area contributed by atoms with Crippen molar-refractivity contribution in [2.75, 3.05) is 25.0 Å². The first-order chi connectivity index (χ1) is 12.5. The first kappa shape index (κ1) is 17.3. The number of carbonyl (C=O) groups is 2. The fourth-order valence-corrected chi connectivity index (χ4v) is 4.55. The van der Waals surface area contributed by atoms with E-state index < -0.39 is 0 Å². The van der Waals surface area contributed by atoms with Gasteiger partial charge in [0.05, 0.1) is 5.69 Å². The molecule has 3 amide bonds. The molecule has 3 aliphatic rings. The maximum atomic E-state index is 14.3. The van der Waals surface area contributed by atoms with Gasteiger partial charge in [-0.1, -0.05) is 18.9 Å². The van der Waals surface area contributed by atoms with Crippen molar-refractivity contribution in [1.82, 2.24) is 15.8 Å². The molecule has 2 heterocycles. The number of nitrogens with one attached hydrogen (secondary N) is 2. The number of fused-ring (bicyclic) bond motifs is 1. The maximum absolute atomic E-state index is 14.3. The maximum Gasteiger partial charge on any atom is 0.324 e. The van der Waals surface area contributed by atoms with Crippen LogP contribution in [0.3, 0.4) is 0 Å². The number of likely N-dealkylation sites (N-methyl/N-ethyl adjacent to an activating group) is 1. The van der Waals surface area contributed by atoms with Crippen molar-refractivity contribution in [3.8, 4) is 0 Å². The summed E-state index contributed by atoms with van der Waals surface area (Å²) in [4.78, 5) is 27.4. The summed E-state index contributed by atoms with van der Waals surface area (Å²) in [5, 5.41) is 0. The molecule has 1 aliphatic carbocycles. The molecule has 26 heavy (non-hydrogen) atoms. The number of amides is 3. The second kappa shape index (κ2) is 6.87. The minimum absolute atomic E-state index is 0.0729. The number of urea groups is 1. The van der Waals surface area contributed by atoms with Crippen LogP contribution in [0.2, 0.25) is 0 Å². The first-order valence-electron chi connectivity index (χ1n) is 9.41. The molecule has 3 fully saturated rings. The first-order valence-corrected chi connectivity index (χ1v) is 9.41. The quantitative estimate of drug-likeness (QED) is 0.867. The lowest BCUT2D eigenvalue weighted by molar-refractivity contribution is -0.133. The van der Waals surface area contributed by atoms with E-state index in [-0.39, 0.29) is 29.7 Å². The average molecular weight is 360 g/mol. The molecule has 1 saturated carbocycles. The van der Waals surface area contributed by atoms with Gasteiger partial charge in [-0.2, -0.15) is 0 Å². The highest BCUT2D eigenvalue weighted by Crippen LogP contribution is 2.35. The third-order valence-electron chi connectivity index (χ3n) is 6.03. The summed E-state index contributed by atoms with van der Waals surface area (Å²) >= 11 is 0. The second-order valence-corrected chi connectivity index (χ2v) is 7.64. The molecule has 3 unspecified atom stereocenters. The molecule has 0 spiro atoms. The number of anilines is 1. The average Bonchev–Trinajstić information content (AvgIpc) is 2.98. The Labute approximate surface area is 152 Å². The minimum Gasteiger partial charge on any atom is -0.326 e. The number of benzene rings is 1. The van der Waals surface area contributed by atoms with Gasteiger partial charge in [-0.05, 0) is 42.9 Å². The van der Waals surface area contributed by atoms with Crippen molar-refractivity contribution >= 4 is 17.6 Å². The minimum atomic E-state index is -0.377. The zero-order chi connectivity index (χ0) is 18.3. The van der Waals surface area contributed by atoms with Crippen molar-refractivity contribution in [2.45, 2.75) is 38.1 Å². The second-order valence-electron chi connectivity index (χ2n) is 7.64. The third-order valence-corrected chi connectivity index (χ3v) is 6.03. The number of rotatable bonds is 3. The van der Waals surface area contributed by atoms with E-state index in [9.17, 15) is 14.0 Å². The van der Waals surface area contributed by atoms with Gasteiger partial charge >= 0.3 is 6.03 Å². The summed E-state index contributed by atoms with van der Waals surface area (Å²) in [6.07, 6.45) is 4.94. The zero-order valence-electron chi connectivity index (χ0n) is 15.0. The molecule has 4 rings (SSSR count). The van der Waals surface area contributed by atoms with Crippen LogP contribution in [0.5, 0.6) is 0 Å². The van der Waals surface area contributed by atoms with Crippen molar-refractivity contribution < 1.29 is 14.0 Å². The van der Waals surface area contributed by atoms with Gasteiger partial charge in [0.25, 0.3) is 0 Å². The van der Waals surface area contributed by atoms with Gasteiger partial charge < -0.3 is 4.90 Å². The lowest BCUT2D eigenvalue weighted by Crippen LogP contribution is -2.60. The molecule has 6 nitrogen and oxygen atoms in total. The molecule has 2 N–H and O–H groups in total. The van der Waals surface area contributed by atoms with Gasteiger partial charge in [0.2, 0.25) is 5.91 Å². The molecule has 7 heteroatoms. The van der Waals surface area contributed by atoms with Crippen LogP contribution in [0.4, 0.5) is 14.9 Å². The Bertz CT molecular complexity index is 725. The fourth-order valence-electron chi connectivity index (χ4n) is 4.55. The fraction of sp³-hybridized carbons (Fsp3) is 0.579. The van der Waals surface area contributed by atoms with Crippen molar-refractivity contribution in [3.63, 3.8) is 0 Å². The lowest BCUT2D eigenvalue weighted by atomic mass is 9.72. The number of hydrogen-bond acceptors (Lipinski definition) is 3. The van der Waals surface area contributed by atoms with Gasteiger partial charge in [0, 0.05) is 32.1 Å². The Hall–Kier alpha value is -2.15. The molecule has 1 aromatic carbocycles. The van der Waals surface area contributed by atoms with E-state index in [0.29, 0.717) is 31.1 Å². The van der Waals surface area contributed by atoms with E-state index in [0.717, 1.165) is 31.2 Å². The van der Waals surface area contributed by atoms with Crippen LogP contribution in [-0.2, 0) is 11.2 Å². The summed E-state index contributed by atoms with van der Waals surface area (Å²) in [6.45, 7) is 1.10. The summed E-state index contributed by atoms with van der Waals surface area (Å²) < 4.78 is 14.3. The van der Waals surface area contributed by atoms with Gasteiger partial charge in [-0.25, -0.2) is 14.6 Å². The van der Waals surface area contributed by atoms with Crippen LogP contribution in [-0.4, -0.2) is 43.0 Å². The van der Waals surface area contributed by atoms with Gasteiger partial charge in [0.15, 0.2) is 0 Å². The molecular weight excluding hydrogens is 335 g/mol. The van der Waals surface area contributed by atoms with Crippen LogP contribution in [0.25, 0.3) is 0 Å². The van der Waals surface area contributed by atoms with Crippen LogP contribution in [0, 0.1) is 17.7 Å². The molecular formula is C19H25FN4O2. The van der Waals surface area contributed by atoms with Crippen molar-refractivity contribution in [1.29, 1.82) is 0 Å². The number of hydrogen-bond donors (Lipinski definition) is 2. The number of carbonyl (C=O) groups excluding carboxylic acids is 2. The predicted molar refractivity (Wildman–Crippen MR) is 96.0 cm³/mol. The number of halogens is 1. The van der Waals surface area contributed by atoms with Crippen LogP contribution < -0.4 is 15.8 Å². The van der Waals surface area contributed by atoms with Crippen LogP contribution in [0.15, 0.2) is 18.2 Å². The Balaban J connectivity index is 1.54. The van der Waals surface area contributed by atoms with E-state index in [2.05, 4.69) is 10.9 Å². The Kier molecular flexibility index (Phi) is 4.56. The van der Waals surface area contributed by atoms with Gasteiger partial charge in [-0.3, -0.25) is 15.1 Å². The molecule has 140 valence electrons. The highest BCUT2D eigenvalue weighted by molar-refractivity contribution is 5.94.